The van der Waals surface area contributed by atoms with Gasteiger partial charge in [-0.25, -0.2) is 17.6 Å². The van der Waals surface area contributed by atoms with Crippen molar-refractivity contribution in [2.75, 3.05) is 0 Å². The Hall–Kier alpha value is -1.84. The van der Waals surface area contributed by atoms with E-state index in [0.717, 1.165) is 49.3 Å². The Morgan fingerprint density at radius 3 is 2.04 bits per heavy atom. The average molecular weight is 350 g/mol. The average Bonchev–Trinajstić information content (AvgIpc) is 2.60. The number of hydrogen-bond donors (Lipinski definition) is 0. The minimum absolute atomic E-state index is 0.00658. The van der Waals surface area contributed by atoms with Crippen molar-refractivity contribution in [3.05, 3.63) is 59.2 Å². The SMILES string of the molecule is CCC[C@H]1CC[C@H](c2ccc(-c3cc(F)c(F)c(F)c3)c(F)c2)CC1. The molecule has 1 aliphatic rings. The van der Waals surface area contributed by atoms with E-state index in [2.05, 4.69) is 6.92 Å². The molecular formula is C21H22F4. The minimum Gasteiger partial charge on any atom is -0.206 e. The van der Waals surface area contributed by atoms with Crippen LogP contribution in [0.3, 0.4) is 0 Å². The van der Waals surface area contributed by atoms with Crippen molar-refractivity contribution in [1.82, 2.24) is 0 Å². The van der Waals surface area contributed by atoms with Gasteiger partial charge in [0.05, 0.1) is 0 Å². The third-order valence-electron chi connectivity index (χ3n) is 5.30. The maximum atomic E-state index is 14.5. The molecule has 0 N–H and O–H groups in total. The van der Waals surface area contributed by atoms with Crippen LogP contribution >= 0.6 is 0 Å². The van der Waals surface area contributed by atoms with Crippen molar-refractivity contribution < 1.29 is 17.6 Å². The fourth-order valence-electron chi connectivity index (χ4n) is 3.92. The highest BCUT2D eigenvalue weighted by molar-refractivity contribution is 5.65. The normalized spacial score (nSPS) is 20.7. The Bertz CT molecular complexity index is 723. The predicted octanol–water partition coefficient (Wildman–Crippen LogP) is 6.98. The summed E-state index contributed by atoms with van der Waals surface area (Å²) in [6.45, 7) is 2.20. The summed E-state index contributed by atoms with van der Waals surface area (Å²) in [5.41, 5.74) is 1.02. The maximum Gasteiger partial charge on any atom is 0.194 e. The van der Waals surface area contributed by atoms with Crippen LogP contribution in [-0.4, -0.2) is 0 Å². The molecule has 4 heteroatoms. The van der Waals surface area contributed by atoms with E-state index in [1.165, 1.54) is 25.0 Å². The molecule has 0 amide bonds. The van der Waals surface area contributed by atoms with Crippen molar-refractivity contribution in [3.8, 4) is 11.1 Å². The van der Waals surface area contributed by atoms with E-state index in [1.807, 2.05) is 6.07 Å². The first-order valence-corrected chi connectivity index (χ1v) is 8.94. The van der Waals surface area contributed by atoms with E-state index >= 15 is 0 Å². The first-order chi connectivity index (χ1) is 12.0. The highest BCUT2D eigenvalue weighted by Gasteiger charge is 2.23. The van der Waals surface area contributed by atoms with Gasteiger partial charge in [0, 0.05) is 5.56 Å². The summed E-state index contributed by atoms with van der Waals surface area (Å²) in [5.74, 6) is -3.59. The summed E-state index contributed by atoms with van der Waals surface area (Å²) in [7, 11) is 0. The van der Waals surface area contributed by atoms with Gasteiger partial charge >= 0.3 is 0 Å². The topological polar surface area (TPSA) is 0 Å². The smallest absolute Gasteiger partial charge is 0.194 e. The first kappa shape index (κ1) is 18.0. The van der Waals surface area contributed by atoms with E-state index in [0.29, 0.717) is 5.92 Å². The van der Waals surface area contributed by atoms with Crippen LogP contribution in [0.5, 0.6) is 0 Å². The molecule has 0 aliphatic heterocycles. The Balaban J connectivity index is 1.80. The first-order valence-electron chi connectivity index (χ1n) is 8.94. The number of rotatable bonds is 4. The molecule has 0 nitrogen and oxygen atoms in total. The second kappa shape index (κ2) is 7.59. The van der Waals surface area contributed by atoms with Crippen molar-refractivity contribution in [2.24, 2.45) is 5.92 Å². The molecule has 0 radical (unpaired) electrons. The zero-order chi connectivity index (χ0) is 18.0. The van der Waals surface area contributed by atoms with E-state index in [-0.39, 0.29) is 11.1 Å². The van der Waals surface area contributed by atoms with Crippen LogP contribution < -0.4 is 0 Å². The van der Waals surface area contributed by atoms with Crippen LogP contribution in [0.1, 0.15) is 56.9 Å². The zero-order valence-electron chi connectivity index (χ0n) is 14.3. The number of benzene rings is 2. The van der Waals surface area contributed by atoms with Crippen molar-refractivity contribution in [2.45, 2.75) is 51.4 Å². The third-order valence-corrected chi connectivity index (χ3v) is 5.30. The standard InChI is InChI=1S/C21H22F4/c1-2-3-13-4-6-14(7-5-13)15-8-9-17(18(22)10-15)16-11-19(23)21(25)20(24)12-16/h8-14H,2-7H2,1H3/t13-,14-. The van der Waals surface area contributed by atoms with Crippen LogP contribution in [0.15, 0.2) is 30.3 Å². The second-order valence-corrected chi connectivity index (χ2v) is 7.00. The van der Waals surface area contributed by atoms with Gasteiger partial charge in [-0.1, -0.05) is 31.9 Å². The largest absolute Gasteiger partial charge is 0.206 e. The van der Waals surface area contributed by atoms with Crippen molar-refractivity contribution in [1.29, 1.82) is 0 Å². The molecule has 0 heterocycles. The molecule has 0 aromatic heterocycles. The summed E-state index contributed by atoms with van der Waals surface area (Å²) in [6, 6.07) is 6.47. The molecule has 3 rings (SSSR count). The van der Waals surface area contributed by atoms with Crippen LogP contribution in [0.4, 0.5) is 17.6 Å². The fraction of sp³-hybridized carbons (Fsp3) is 0.429. The highest BCUT2D eigenvalue weighted by Crippen LogP contribution is 2.38. The van der Waals surface area contributed by atoms with Gasteiger partial charge < -0.3 is 0 Å². The minimum atomic E-state index is -1.54. The molecule has 25 heavy (non-hydrogen) atoms. The lowest BCUT2D eigenvalue weighted by molar-refractivity contribution is 0.308. The molecule has 1 saturated carbocycles. The summed E-state index contributed by atoms with van der Waals surface area (Å²) >= 11 is 0. The Morgan fingerprint density at radius 2 is 1.48 bits per heavy atom. The lowest BCUT2D eigenvalue weighted by Gasteiger charge is -2.28. The van der Waals surface area contributed by atoms with Crippen molar-refractivity contribution in [3.63, 3.8) is 0 Å². The summed E-state index contributed by atoms with van der Waals surface area (Å²) in [6.07, 6.45) is 6.87. The van der Waals surface area contributed by atoms with E-state index in [4.69, 9.17) is 0 Å². The molecule has 0 saturated heterocycles. The fourth-order valence-corrected chi connectivity index (χ4v) is 3.92. The molecule has 0 atom stereocenters. The molecule has 1 aliphatic carbocycles. The highest BCUT2D eigenvalue weighted by atomic mass is 19.2. The Morgan fingerprint density at radius 1 is 0.840 bits per heavy atom. The third kappa shape index (κ3) is 3.88. The number of halogens is 4. The van der Waals surface area contributed by atoms with Crippen LogP contribution in [0, 0.1) is 29.2 Å². The van der Waals surface area contributed by atoms with Crippen LogP contribution in [0.2, 0.25) is 0 Å². The summed E-state index contributed by atoms with van der Waals surface area (Å²) in [4.78, 5) is 0. The Kier molecular flexibility index (Phi) is 5.45. The predicted molar refractivity (Wildman–Crippen MR) is 91.3 cm³/mol. The molecule has 0 bridgehead atoms. The summed E-state index contributed by atoms with van der Waals surface area (Å²) < 4.78 is 54.4. The molecule has 2 aromatic carbocycles. The molecular weight excluding hydrogens is 328 g/mol. The van der Waals surface area contributed by atoms with Gasteiger partial charge in [-0.3, -0.25) is 0 Å². The van der Waals surface area contributed by atoms with Gasteiger partial charge in [-0.2, -0.15) is 0 Å². The monoisotopic (exact) mass is 350 g/mol. The number of hydrogen-bond acceptors (Lipinski definition) is 0. The lowest BCUT2D eigenvalue weighted by Crippen LogP contribution is -2.13. The Labute approximate surface area is 145 Å². The van der Waals surface area contributed by atoms with Crippen LogP contribution in [0.25, 0.3) is 11.1 Å². The maximum absolute atomic E-state index is 14.5. The second-order valence-electron chi connectivity index (χ2n) is 7.00. The van der Waals surface area contributed by atoms with E-state index in [9.17, 15) is 17.6 Å². The quantitative estimate of drug-likeness (QED) is 0.412. The van der Waals surface area contributed by atoms with Crippen molar-refractivity contribution >= 4 is 0 Å². The van der Waals surface area contributed by atoms with Crippen LogP contribution in [-0.2, 0) is 0 Å². The van der Waals surface area contributed by atoms with Gasteiger partial charge in [-0.05, 0) is 66.8 Å². The van der Waals surface area contributed by atoms with E-state index in [1.54, 1.807) is 0 Å². The summed E-state index contributed by atoms with van der Waals surface area (Å²) in [5, 5.41) is 0. The van der Waals surface area contributed by atoms with Gasteiger partial charge in [0.15, 0.2) is 17.5 Å². The van der Waals surface area contributed by atoms with Gasteiger partial charge in [-0.15, -0.1) is 0 Å². The molecule has 2 aromatic rings. The van der Waals surface area contributed by atoms with Gasteiger partial charge in [0.1, 0.15) is 5.82 Å². The lowest BCUT2D eigenvalue weighted by atomic mass is 9.77. The molecule has 1 fully saturated rings. The van der Waals surface area contributed by atoms with Gasteiger partial charge in [0.25, 0.3) is 0 Å². The molecule has 134 valence electrons. The van der Waals surface area contributed by atoms with E-state index < -0.39 is 23.3 Å². The zero-order valence-corrected chi connectivity index (χ0v) is 14.3. The molecule has 0 spiro atoms. The van der Waals surface area contributed by atoms with Gasteiger partial charge in [0.2, 0.25) is 0 Å². The molecule has 0 unspecified atom stereocenters.